The Balaban J connectivity index is 1.69. The molecule has 0 aliphatic heterocycles. The summed E-state index contributed by atoms with van der Waals surface area (Å²) in [5.41, 5.74) is 0. The molecule has 0 atom stereocenters. The Kier molecular flexibility index (Phi) is 6.19. The van der Waals surface area contributed by atoms with Crippen molar-refractivity contribution in [2.45, 2.75) is 37.0 Å². The van der Waals surface area contributed by atoms with Crippen molar-refractivity contribution < 1.29 is 14.3 Å². The first kappa shape index (κ1) is 20.0. The SMILES string of the molecule is COc1cc2sc(C(=O)Nc3nn[nH]n3)c(SCC3CCCCC3)c2cc1OC. The number of ether oxygens (including phenoxy) is 2. The van der Waals surface area contributed by atoms with E-state index in [1.165, 1.54) is 43.4 Å². The molecule has 2 heterocycles. The number of fused-ring (bicyclic) bond motifs is 1. The van der Waals surface area contributed by atoms with E-state index in [9.17, 15) is 4.79 Å². The molecule has 1 aliphatic rings. The number of thiophene rings is 1. The van der Waals surface area contributed by atoms with Gasteiger partial charge in [-0.15, -0.1) is 28.2 Å². The number of methoxy groups -OCH3 is 2. The average molecular weight is 434 g/mol. The number of amides is 1. The topological polar surface area (TPSA) is 102 Å². The van der Waals surface area contributed by atoms with Gasteiger partial charge in [0.1, 0.15) is 4.88 Å². The van der Waals surface area contributed by atoms with Crippen molar-refractivity contribution in [1.82, 2.24) is 20.6 Å². The molecule has 0 radical (unpaired) electrons. The first-order valence-corrected chi connectivity index (χ1v) is 11.4. The minimum Gasteiger partial charge on any atom is -0.493 e. The highest BCUT2D eigenvalue weighted by molar-refractivity contribution is 7.99. The molecule has 1 amide bonds. The smallest absolute Gasteiger partial charge is 0.270 e. The van der Waals surface area contributed by atoms with Gasteiger partial charge in [-0.2, -0.15) is 5.21 Å². The van der Waals surface area contributed by atoms with Gasteiger partial charge in [-0.1, -0.05) is 24.4 Å². The molecular weight excluding hydrogens is 410 g/mol. The minimum absolute atomic E-state index is 0.158. The summed E-state index contributed by atoms with van der Waals surface area (Å²) in [6.45, 7) is 0. The lowest BCUT2D eigenvalue weighted by Crippen LogP contribution is -2.13. The third-order valence-corrected chi connectivity index (χ3v) is 7.74. The number of tetrazole rings is 1. The van der Waals surface area contributed by atoms with Crippen LogP contribution >= 0.6 is 23.1 Å². The number of hydrogen-bond donors (Lipinski definition) is 2. The number of aromatic amines is 1. The minimum atomic E-state index is -0.239. The number of carbonyl (C=O) groups is 1. The second kappa shape index (κ2) is 9.00. The number of aromatic nitrogens is 4. The fourth-order valence-corrected chi connectivity index (χ4v) is 6.28. The van der Waals surface area contributed by atoms with Gasteiger partial charge in [-0.25, -0.2) is 0 Å². The fourth-order valence-electron chi connectivity index (χ4n) is 3.62. The molecule has 2 aromatic heterocycles. The highest BCUT2D eigenvalue weighted by Crippen LogP contribution is 2.44. The molecule has 3 aromatic rings. The summed E-state index contributed by atoms with van der Waals surface area (Å²) in [6.07, 6.45) is 6.45. The average Bonchev–Trinajstić information content (AvgIpc) is 3.39. The molecule has 0 spiro atoms. The molecular formula is C19H23N5O3S2. The zero-order valence-electron chi connectivity index (χ0n) is 16.4. The Morgan fingerprint density at radius 3 is 2.69 bits per heavy atom. The predicted octanol–water partition coefficient (Wildman–Crippen LogP) is 4.36. The first-order valence-electron chi connectivity index (χ1n) is 9.55. The maximum atomic E-state index is 13.0. The molecule has 1 aliphatic carbocycles. The highest BCUT2D eigenvalue weighted by Gasteiger charge is 2.23. The quantitative estimate of drug-likeness (QED) is 0.534. The highest BCUT2D eigenvalue weighted by atomic mass is 32.2. The number of rotatable bonds is 7. The van der Waals surface area contributed by atoms with Gasteiger partial charge in [0, 0.05) is 26.8 Å². The van der Waals surface area contributed by atoms with Crippen molar-refractivity contribution in [3.05, 3.63) is 17.0 Å². The third kappa shape index (κ3) is 4.32. The van der Waals surface area contributed by atoms with E-state index in [0.29, 0.717) is 22.3 Å². The lowest BCUT2D eigenvalue weighted by atomic mass is 9.91. The monoisotopic (exact) mass is 433 g/mol. The molecule has 4 rings (SSSR count). The van der Waals surface area contributed by atoms with Crippen LogP contribution in [0.3, 0.4) is 0 Å². The molecule has 0 saturated heterocycles. The van der Waals surface area contributed by atoms with Crippen LogP contribution in [0.4, 0.5) is 5.95 Å². The Bertz CT molecular complexity index is 984. The van der Waals surface area contributed by atoms with Gasteiger partial charge in [-0.05, 0) is 30.0 Å². The summed E-state index contributed by atoms with van der Waals surface area (Å²) < 4.78 is 11.9. The van der Waals surface area contributed by atoms with Gasteiger partial charge in [0.25, 0.3) is 11.9 Å². The molecule has 8 nitrogen and oxygen atoms in total. The van der Waals surface area contributed by atoms with Gasteiger partial charge in [0.2, 0.25) is 0 Å². The largest absolute Gasteiger partial charge is 0.493 e. The molecule has 1 saturated carbocycles. The van der Waals surface area contributed by atoms with Crippen LogP contribution in [0.5, 0.6) is 11.5 Å². The van der Waals surface area contributed by atoms with Gasteiger partial charge in [0.05, 0.1) is 14.2 Å². The van der Waals surface area contributed by atoms with Crippen molar-refractivity contribution in [2.75, 3.05) is 25.3 Å². The molecule has 2 N–H and O–H groups in total. The van der Waals surface area contributed by atoms with E-state index in [4.69, 9.17) is 9.47 Å². The normalized spacial score (nSPS) is 14.8. The van der Waals surface area contributed by atoms with Crippen LogP contribution < -0.4 is 14.8 Å². The summed E-state index contributed by atoms with van der Waals surface area (Å²) >= 11 is 3.19. The number of benzene rings is 1. The van der Waals surface area contributed by atoms with Gasteiger partial charge >= 0.3 is 0 Å². The van der Waals surface area contributed by atoms with Crippen molar-refractivity contribution in [3.8, 4) is 11.5 Å². The van der Waals surface area contributed by atoms with E-state index in [0.717, 1.165) is 20.7 Å². The summed E-state index contributed by atoms with van der Waals surface area (Å²) in [6, 6.07) is 3.88. The number of anilines is 1. The van der Waals surface area contributed by atoms with E-state index < -0.39 is 0 Å². The first-order chi connectivity index (χ1) is 14.2. The number of H-pyrrole nitrogens is 1. The Hall–Kier alpha value is -2.33. The van der Waals surface area contributed by atoms with E-state index in [-0.39, 0.29) is 11.9 Å². The molecule has 29 heavy (non-hydrogen) atoms. The summed E-state index contributed by atoms with van der Waals surface area (Å²) in [4.78, 5) is 14.6. The lowest BCUT2D eigenvalue weighted by molar-refractivity contribution is 0.102. The van der Waals surface area contributed by atoms with Gasteiger partial charge in [-0.3, -0.25) is 10.1 Å². The Labute approximate surface area is 176 Å². The molecule has 0 bridgehead atoms. The lowest BCUT2D eigenvalue weighted by Gasteiger charge is -2.21. The van der Waals surface area contributed by atoms with Gasteiger partial charge < -0.3 is 9.47 Å². The van der Waals surface area contributed by atoms with Crippen LogP contribution in [0.15, 0.2) is 17.0 Å². The van der Waals surface area contributed by atoms with Crippen LogP contribution in [-0.2, 0) is 0 Å². The van der Waals surface area contributed by atoms with E-state index in [1.54, 1.807) is 26.0 Å². The van der Waals surface area contributed by atoms with E-state index >= 15 is 0 Å². The second-order valence-corrected chi connectivity index (χ2v) is 9.05. The summed E-state index contributed by atoms with van der Waals surface area (Å²) in [7, 11) is 3.23. The molecule has 154 valence electrons. The van der Waals surface area contributed by atoms with Crippen LogP contribution in [-0.4, -0.2) is 46.5 Å². The summed E-state index contributed by atoms with van der Waals surface area (Å²) in [5.74, 6) is 2.92. The summed E-state index contributed by atoms with van der Waals surface area (Å²) in [5, 5.41) is 17.2. The number of nitrogens with one attached hydrogen (secondary N) is 2. The molecule has 0 unspecified atom stereocenters. The molecule has 1 fully saturated rings. The zero-order valence-corrected chi connectivity index (χ0v) is 18.0. The Morgan fingerprint density at radius 2 is 2.00 bits per heavy atom. The fraction of sp³-hybridized carbons (Fsp3) is 0.474. The van der Waals surface area contributed by atoms with Crippen LogP contribution in [0.1, 0.15) is 41.8 Å². The maximum Gasteiger partial charge on any atom is 0.270 e. The van der Waals surface area contributed by atoms with E-state index in [1.807, 2.05) is 12.1 Å². The van der Waals surface area contributed by atoms with Crippen molar-refractivity contribution in [2.24, 2.45) is 5.92 Å². The van der Waals surface area contributed by atoms with Gasteiger partial charge in [0.15, 0.2) is 11.5 Å². The number of thioether (sulfide) groups is 1. The van der Waals surface area contributed by atoms with E-state index in [2.05, 4.69) is 25.9 Å². The van der Waals surface area contributed by atoms with Crippen LogP contribution in [0.25, 0.3) is 10.1 Å². The predicted molar refractivity (Wildman–Crippen MR) is 114 cm³/mol. The van der Waals surface area contributed by atoms with Crippen LogP contribution in [0, 0.1) is 5.92 Å². The van der Waals surface area contributed by atoms with Crippen molar-refractivity contribution in [1.29, 1.82) is 0 Å². The zero-order chi connectivity index (χ0) is 20.2. The standard InChI is InChI=1S/C19H23N5O3S2/c1-26-13-8-12-15(9-14(13)27-2)29-17(18(25)20-19-21-23-24-22-19)16(12)28-10-11-6-4-3-5-7-11/h8-9,11H,3-7,10H2,1-2H3,(H2,20,21,22,23,24,25). The third-order valence-electron chi connectivity index (χ3n) is 5.11. The molecule has 1 aromatic carbocycles. The van der Waals surface area contributed by atoms with Crippen molar-refractivity contribution in [3.63, 3.8) is 0 Å². The van der Waals surface area contributed by atoms with Crippen LogP contribution in [0.2, 0.25) is 0 Å². The number of carbonyl (C=O) groups excluding carboxylic acids is 1. The second-order valence-electron chi connectivity index (χ2n) is 6.97. The Morgan fingerprint density at radius 1 is 1.24 bits per heavy atom. The maximum absolute atomic E-state index is 13.0. The number of nitrogens with zero attached hydrogens (tertiary/aromatic N) is 3. The number of hydrogen-bond acceptors (Lipinski definition) is 8. The molecule has 10 heteroatoms. The van der Waals surface area contributed by atoms with Crippen molar-refractivity contribution >= 4 is 45.0 Å².